The van der Waals surface area contributed by atoms with Gasteiger partial charge in [0.15, 0.2) is 0 Å². The lowest BCUT2D eigenvalue weighted by molar-refractivity contribution is -0.132. The summed E-state index contributed by atoms with van der Waals surface area (Å²) in [5, 5.41) is 3.15. The van der Waals surface area contributed by atoms with Crippen LogP contribution >= 0.6 is 28.3 Å². The number of carbonyl (C=O) groups is 3. The highest BCUT2D eigenvalue weighted by molar-refractivity contribution is 9.10. The molecule has 0 bridgehead atoms. The Kier molecular flexibility index (Phi) is 5.20. The molecule has 2 aliphatic rings. The number of imide groups is 1. The Labute approximate surface area is 142 Å². The van der Waals surface area contributed by atoms with Crippen LogP contribution in [0.25, 0.3) is 0 Å². The van der Waals surface area contributed by atoms with Crippen molar-refractivity contribution in [3.63, 3.8) is 0 Å². The molecule has 118 valence electrons. The smallest absolute Gasteiger partial charge is 0.262 e. The maximum absolute atomic E-state index is 12.3. The molecule has 8 heteroatoms. The summed E-state index contributed by atoms with van der Waals surface area (Å²) in [7, 11) is 0. The molecule has 3 rings (SSSR count). The maximum Gasteiger partial charge on any atom is 0.262 e. The number of piperazine rings is 1. The average molecular weight is 389 g/mol. The van der Waals surface area contributed by atoms with Crippen molar-refractivity contribution in [1.82, 2.24) is 15.1 Å². The van der Waals surface area contributed by atoms with Gasteiger partial charge in [-0.05, 0) is 18.2 Å². The molecule has 0 aromatic heterocycles. The summed E-state index contributed by atoms with van der Waals surface area (Å²) in [5.74, 6) is -0.990. The highest BCUT2D eigenvalue weighted by Crippen LogP contribution is 2.25. The van der Waals surface area contributed by atoms with E-state index < -0.39 is 11.8 Å². The molecule has 1 N–H and O–H groups in total. The molecule has 1 aromatic rings. The van der Waals surface area contributed by atoms with E-state index in [2.05, 4.69) is 21.2 Å². The van der Waals surface area contributed by atoms with Crippen molar-refractivity contribution in [1.29, 1.82) is 0 Å². The molecular weight excluding hydrogens is 374 g/mol. The van der Waals surface area contributed by atoms with Gasteiger partial charge in [0.1, 0.15) is 6.54 Å². The second-order valence-electron chi connectivity index (χ2n) is 5.02. The third kappa shape index (κ3) is 3.02. The van der Waals surface area contributed by atoms with Crippen molar-refractivity contribution in [3.05, 3.63) is 33.8 Å². The first-order valence-electron chi connectivity index (χ1n) is 6.72. The number of halogens is 2. The number of hydrogen-bond donors (Lipinski definition) is 1. The highest BCUT2D eigenvalue weighted by Gasteiger charge is 2.37. The molecule has 0 aliphatic carbocycles. The van der Waals surface area contributed by atoms with Crippen LogP contribution in [-0.2, 0) is 4.79 Å². The summed E-state index contributed by atoms with van der Waals surface area (Å²) in [6.45, 7) is 2.49. The summed E-state index contributed by atoms with van der Waals surface area (Å²) in [4.78, 5) is 39.4. The molecule has 22 heavy (non-hydrogen) atoms. The Morgan fingerprint density at radius 3 is 2.45 bits per heavy atom. The number of rotatable bonds is 2. The van der Waals surface area contributed by atoms with E-state index in [1.807, 2.05) is 0 Å². The van der Waals surface area contributed by atoms with E-state index in [0.717, 1.165) is 22.5 Å². The minimum absolute atomic E-state index is 0. The van der Waals surface area contributed by atoms with Crippen molar-refractivity contribution in [2.45, 2.75) is 0 Å². The number of carbonyl (C=O) groups excluding carboxylic acids is 3. The van der Waals surface area contributed by atoms with Gasteiger partial charge in [0.05, 0.1) is 11.1 Å². The molecule has 0 atom stereocenters. The Hall–Kier alpha value is -1.44. The summed E-state index contributed by atoms with van der Waals surface area (Å²) in [5.41, 5.74) is 0.707. The molecular formula is C14H15BrClN3O3. The van der Waals surface area contributed by atoms with Crippen LogP contribution in [0.3, 0.4) is 0 Å². The summed E-state index contributed by atoms with van der Waals surface area (Å²) >= 11 is 3.28. The van der Waals surface area contributed by atoms with Crippen molar-refractivity contribution in [3.8, 4) is 0 Å². The third-order valence-electron chi connectivity index (χ3n) is 3.70. The fourth-order valence-corrected chi connectivity index (χ4v) is 2.92. The molecule has 0 radical (unpaired) electrons. The van der Waals surface area contributed by atoms with Gasteiger partial charge < -0.3 is 10.2 Å². The molecule has 1 aromatic carbocycles. The van der Waals surface area contributed by atoms with Gasteiger partial charge in [-0.25, -0.2) is 0 Å². The fraction of sp³-hybridized carbons (Fsp3) is 0.357. The van der Waals surface area contributed by atoms with Gasteiger partial charge in [0.2, 0.25) is 5.91 Å². The molecule has 2 aliphatic heterocycles. The van der Waals surface area contributed by atoms with Crippen molar-refractivity contribution < 1.29 is 14.4 Å². The van der Waals surface area contributed by atoms with E-state index in [4.69, 9.17) is 0 Å². The maximum atomic E-state index is 12.3. The van der Waals surface area contributed by atoms with E-state index in [-0.39, 0.29) is 24.9 Å². The first-order valence-corrected chi connectivity index (χ1v) is 7.51. The molecule has 6 nitrogen and oxygen atoms in total. The van der Waals surface area contributed by atoms with Gasteiger partial charge in [0.25, 0.3) is 11.8 Å². The number of nitrogens with zero attached hydrogens (tertiary/aromatic N) is 2. The van der Waals surface area contributed by atoms with E-state index in [1.54, 1.807) is 23.1 Å². The first kappa shape index (κ1) is 16.9. The molecule has 1 saturated heterocycles. The van der Waals surface area contributed by atoms with Crippen LogP contribution in [0.15, 0.2) is 22.7 Å². The third-order valence-corrected chi connectivity index (χ3v) is 4.19. The Morgan fingerprint density at radius 1 is 1.14 bits per heavy atom. The average Bonchev–Trinajstić information content (AvgIpc) is 2.73. The number of fused-ring (bicyclic) bond motifs is 1. The zero-order chi connectivity index (χ0) is 15.0. The summed E-state index contributed by atoms with van der Waals surface area (Å²) in [6, 6.07) is 4.94. The Morgan fingerprint density at radius 2 is 1.77 bits per heavy atom. The lowest BCUT2D eigenvalue weighted by atomic mass is 10.1. The molecule has 0 saturated carbocycles. The fourth-order valence-electron chi connectivity index (χ4n) is 2.56. The summed E-state index contributed by atoms with van der Waals surface area (Å²) < 4.78 is 0.734. The monoisotopic (exact) mass is 387 g/mol. The normalized spacial score (nSPS) is 17.3. The van der Waals surface area contributed by atoms with Crippen molar-refractivity contribution in [2.24, 2.45) is 0 Å². The van der Waals surface area contributed by atoms with Crippen molar-refractivity contribution in [2.75, 3.05) is 32.7 Å². The van der Waals surface area contributed by atoms with Crippen LogP contribution in [0.4, 0.5) is 0 Å². The second kappa shape index (κ2) is 6.76. The molecule has 2 heterocycles. The van der Waals surface area contributed by atoms with Gasteiger partial charge in [-0.3, -0.25) is 19.3 Å². The van der Waals surface area contributed by atoms with E-state index in [0.29, 0.717) is 24.2 Å². The van der Waals surface area contributed by atoms with Crippen molar-refractivity contribution >= 4 is 46.1 Å². The van der Waals surface area contributed by atoms with Gasteiger partial charge >= 0.3 is 0 Å². The van der Waals surface area contributed by atoms with Gasteiger partial charge in [-0.2, -0.15) is 0 Å². The van der Waals surface area contributed by atoms with Gasteiger partial charge in [-0.15, -0.1) is 12.4 Å². The van der Waals surface area contributed by atoms with Crippen LogP contribution in [0.1, 0.15) is 20.7 Å². The molecule has 0 spiro atoms. The lowest BCUT2D eigenvalue weighted by Crippen LogP contribution is -2.50. The second-order valence-corrected chi connectivity index (χ2v) is 5.93. The zero-order valence-corrected chi connectivity index (χ0v) is 14.1. The Balaban J connectivity index is 0.00000176. The highest BCUT2D eigenvalue weighted by atomic mass is 79.9. The van der Waals surface area contributed by atoms with Gasteiger partial charge in [0, 0.05) is 30.7 Å². The molecule has 3 amide bonds. The SMILES string of the molecule is Cl.O=C(CN1C(=O)c2ccc(Br)cc2C1=O)N1CCNCC1. The topological polar surface area (TPSA) is 69.7 Å². The predicted octanol–water partition coefficient (Wildman–Crippen LogP) is 0.899. The van der Waals surface area contributed by atoms with Gasteiger partial charge in [-0.1, -0.05) is 15.9 Å². The van der Waals surface area contributed by atoms with E-state index in [9.17, 15) is 14.4 Å². The standard InChI is InChI=1S/C14H14BrN3O3.ClH/c15-9-1-2-10-11(7-9)14(21)18(13(10)20)8-12(19)17-5-3-16-4-6-17;/h1-2,7,16H,3-6,8H2;1H. The number of nitrogens with one attached hydrogen (secondary N) is 1. The summed E-state index contributed by atoms with van der Waals surface area (Å²) in [6.07, 6.45) is 0. The van der Waals surface area contributed by atoms with Crippen LogP contribution in [0.5, 0.6) is 0 Å². The first-order chi connectivity index (χ1) is 10.1. The number of hydrogen-bond acceptors (Lipinski definition) is 4. The van der Waals surface area contributed by atoms with E-state index in [1.165, 1.54) is 0 Å². The zero-order valence-electron chi connectivity index (χ0n) is 11.7. The quantitative estimate of drug-likeness (QED) is 0.764. The van der Waals surface area contributed by atoms with Crippen LogP contribution in [-0.4, -0.2) is 60.2 Å². The predicted molar refractivity (Wildman–Crippen MR) is 86.2 cm³/mol. The molecule has 0 unspecified atom stereocenters. The minimum atomic E-state index is -0.403. The van der Waals surface area contributed by atoms with E-state index >= 15 is 0 Å². The van der Waals surface area contributed by atoms with Crippen LogP contribution < -0.4 is 5.32 Å². The molecule has 1 fully saturated rings. The van der Waals surface area contributed by atoms with Crippen LogP contribution in [0.2, 0.25) is 0 Å². The largest absolute Gasteiger partial charge is 0.339 e. The van der Waals surface area contributed by atoms with Crippen LogP contribution in [0, 0.1) is 0 Å². The lowest BCUT2D eigenvalue weighted by Gasteiger charge is -2.28. The number of amides is 3. The Bertz CT molecular complexity index is 632. The number of benzene rings is 1. The minimum Gasteiger partial charge on any atom is -0.339 e.